The van der Waals surface area contributed by atoms with Crippen molar-refractivity contribution in [2.45, 2.75) is 103 Å². The Morgan fingerprint density at radius 3 is 2.63 bits per heavy atom. The number of carbonyl (C=O) groups excluding carboxylic acids is 2. The smallest absolute Gasteiger partial charge is 0.408 e. The van der Waals surface area contributed by atoms with Crippen LogP contribution < -0.4 is 14.8 Å². The van der Waals surface area contributed by atoms with Crippen LogP contribution in [0.1, 0.15) is 78.8 Å². The van der Waals surface area contributed by atoms with Gasteiger partial charge in [-0.25, -0.2) is 19.6 Å². The molecule has 234 valence electrons. The number of hydrogen-bond acceptors (Lipinski definition) is 8. The van der Waals surface area contributed by atoms with Crippen molar-refractivity contribution >= 4 is 29.0 Å². The molecule has 2 N–H and O–H groups in total. The molecule has 2 aromatic rings. The SMILES string of the molecule is CCC12CC1CCCCCc1nc3ccc(OC)cc3nc1OC1CN(C(=O)C(C(C)(C)C)NC(=O)O2)C(C(=O)O)C1C. The fourth-order valence-electron chi connectivity index (χ4n) is 6.63. The van der Waals surface area contributed by atoms with E-state index in [0.717, 1.165) is 37.6 Å². The molecule has 1 saturated heterocycles. The van der Waals surface area contributed by atoms with Crippen LogP contribution >= 0.6 is 0 Å². The molecule has 3 aliphatic rings. The summed E-state index contributed by atoms with van der Waals surface area (Å²) in [7, 11) is 1.59. The van der Waals surface area contributed by atoms with Crippen LogP contribution in [0, 0.1) is 17.3 Å². The van der Waals surface area contributed by atoms with Crippen LogP contribution in [0.4, 0.5) is 4.79 Å². The van der Waals surface area contributed by atoms with Crippen molar-refractivity contribution in [1.29, 1.82) is 0 Å². The van der Waals surface area contributed by atoms with Gasteiger partial charge < -0.3 is 29.5 Å². The third kappa shape index (κ3) is 6.21. The van der Waals surface area contributed by atoms with E-state index in [1.165, 1.54) is 4.90 Å². The van der Waals surface area contributed by atoms with Crippen molar-refractivity contribution in [3.63, 3.8) is 0 Å². The number of rotatable bonds is 3. The van der Waals surface area contributed by atoms with E-state index < -0.39 is 53.1 Å². The molecule has 5 rings (SSSR count). The molecule has 0 spiro atoms. The van der Waals surface area contributed by atoms with Crippen LogP contribution in [0.2, 0.25) is 0 Å². The molecule has 43 heavy (non-hydrogen) atoms. The summed E-state index contributed by atoms with van der Waals surface area (Å²) < 4.78 is 17.8. The summed E-state index contributed by atoms with van der Waals surface area (Å²) in [6, 6.07) is 3.35. The summed E-state index contributed by atoms with van der Waals surface area (Å²) in [6.45, 7) is 9.33. The Hall–Kier alpha value is -3.63. The number of nitrogens with zero attached hydrogens (tertiary/aromatic N) is 3. The minimum absolute atomic E-state index is 0.0263. The lowest BCUT2D eigenvalue weighted by Crippen LogP contribution is -2.57. The second-order valence-corrected chi connectivity index (χ2v) is 13.4. The molecule has 3 heterocycles. The zero-order valence-electron chi connectivity index (χ0n) is 26.0. The first-order valence-electron chi connectivity index (χ1n) is 15.4. The molecular formula is C32H44N4O7. The Morgan fingerprint density at radius 1 is 1.19 bits per heavy atom. The van der Waals surface area contributed by atoms with Gasteiger partial charge in [-0.3, -0.25) is 4.79 Å². The van der Waals surface area contributed by atoms with Gasteiger partial charge in [0.15, 0.2) is 0 Å². The monoisotopic (exact) mass is 596 g/mol. The highest BCUT2D eigenvalue weighted by atomic mass is 16.6. The van der Waals surface area contributed by atoms with Crippen molar-refractivity contribution < 1.29 is 33.7 Å². The van der Waals surface area contributed by atoms with E-state index >= 15 is 0 Å². The molecule has 1 saturated carbocycles. The Bertz CT molecular complexity index is 1390. The number of aliphatic carboxylic acids is 1. The number of hydrogen-bond donors (Lipinski definition) is 2. The van der Waals surface area contributed by atoms with Crippen LogP contribution in [0.3, 0.4) is 0 Å². The highest BCUT2D eigenvalue weighted by Gasteiger charge is 2.56. The molecule has 2 fully saturated rings. The van der Waals surface area contributed by atoms with Gasteiger partial charge in [-0.2, -0.15) is 0 Å². The van der Waals surface area contributed by atoms with Gasteiger partial charge in [0.25, 0.3) is 0 Å². The van der Waals surface area contributed by atoms with Crippen LogP contribution in [0.25, 0.3) is 11.0 Å². The number of aryl methyl sites for hydroxylation is 1. The third-order valence-electron chi connectivity index (χ3n) is 9.41. The summed E-state index contributed by atoms with van der Waals surface area (Å²) >= 11 is 0. The minimum atomic E-state index is -1.14. The van der Waals surface area contributed by atoms with Gasteiger partial charge in [0.05, 0.1) is 24.7 Å². The number of carbonyl (C=O) groups is 3. The molecule has 1 aromatic carbocycles. The highest BCUT2D eigenvalue weighted by molar-refractivity contribution is 5.90. The van der Waals surface area contributed by atoms with E-state index in [-0.39, 0.29) is 12.5 Å². The molecule has 0 radical (unpaired) electrons. The lowest BCUT2D eigenvalue weighted by molar-refractivity contribution is -0.151. The number of nitrogens with one attached hydrogen (secondary N) is 1. The van der Waals surface area contributed by atoms with Crippen LogP contribution in [0.5, 0.6) is 11.6 Å². The maximum atomic E-state index is 14.1. The Kier molecular flexibility index (Phi) is 8.46. The van der Waals surface area contributed by atoms with Crippen molar-refractivity contribution in [1.82, 2.24) is 20.2 Å². The van der Waals surface area contributed by atoms with Gasteiger partial charge in [0, 0.05) is 17.9 Å². The van der Waals surface area contributed by atoms with Gasteiger partial charge >= 0.3 is 12.1 Å². The number of alkyl carbamates (subject to hydrolysis) is 1. The predicted molar refractivity (Wildman–Crippen MR) is 159 cm³/mol. The lowest BCUT2D eigenvalue weighted by Gasteiger charge is -2.35. The number of aromatic nitrogens is 2. The molecular weight excluding hydrogens is 552 g/mol. The third-order valence-corrected chi connectivity index (χ3v) is 9.41. The average molecular weight is 597 g/mol. The summed E-state index contributed by atoms with van der Waals surface area (Å²) in [5, 5.41) is 13.1. The number of fused-ring (bicyclic) bond motifs is 5. The molecule has 1 aliphatic carbocycles. The summed E-state index contributed by atoms with van der Waals surface area (Å²) in [5.74, 6) is -0.907. The maximum Gasteiger partial charge on any atom is 0.408 e. The number of ether oxygens (including phenoxy) is 3. The van der Waals surface area contributed by atoms with E-state index in [0.29, 0.717) is 35.7 Å². The van der Waals surface area contributed by atoms with E-state index in [1.54, 1.807) is 20.1 Å². The standard InChI is InChI=1S/C32H44N4O7/c1-7-32-16-19(32)11-9-8-10-12-22-27(34-23-15-20(41-6)13-14-21(23)33-22)42-24-17-36(25(18(24)2)29(38)39)28(37)26(31(3,4)5)35-30(40)43-32/h13-15,18-19,24-26H,7-12,16-17H2,1-6H3,(H,35,40)(H,38,39). The van der Waals surface area contributed by atoms with Gasteiger partial charge in [-0.05, 0) is 49.7 Å². The van der Waals surface area contributed by atoms with Crippen LogP contribution in [-0.2, 0) is 20.7 Å². The van der Waals surface area contributed by atoms with E-state index in [2.05, 4.69) is 5.32 Å². The highest BCUT2D eigenvalue weighted by Crippen LogP contribution is 2.52. The molecule has 6 atom stereocenters. The molecule has 1 aromatic heterocycles. The van der Waals surface area contributed by atoms with E-state index in [1.807, 2.05) is 39.8 Å². The topological polar surface area (TPSA) is 140 Å². The fourth-order valence-corrected chi connectivity index (χ4v) is 6.63. The van der Waals surface area contributed by atoms with E-state index in [9.17, 15) is 19.5 Å². The molecule has 2 aliphatic heterocycles. The van der Waals surface area contributed by atoms with Crippen LogP contribution in [-0.4, -0.2) is 75.4 Å². The maximum absolute atomic E-state index is 14.1. The van der Waals surface area contributed by atoms with E-state index in [4.69, 9.17) is 24.2 Å². The van der Waals surface area contributed by atoms with Gasteiger partial charge in [-0.1, -0.05) is 47.5 Å². The lowest BCUT2D eigenvalue weighted by atomic mass is 9.85. The average Bonchev–Trinajstić information content (AvgIpc) is 3.53. The zero-order chi connectivity index (χ0) is 31.1. The van der Waals surface area contributed by atoms with Gasteiger partial charge in [0.2, 0.25) is 11.8 Å². The Morgan fingerprint density at radius 2 is 1.95 bits per heavy atom. The number of carboxylic acid groups (broad SMARTS) is 1. The zero-order valence-corrected chi connectivity index (χ0v) is 26.0. The number of amides is 2. The van der Waals surface area contributed by atoms with Gasteiger partial charge in [0.1, 0.15) is 35.2 Å². The van der Waals surface area contributed by atoms with Crippen molar-refractivity contribution in [3.05, 3.63) is 23.9 Å². The minimum Gasteiger partial charge on any atom is -0.497 e. The normalized spacial score (nSPS) is 30.2. The summed E-state index contributed by atoms with van der Waals surface area (Å²) in [5.41, 5.74) is 0.801. The Balaban J connectivity index is 1.53. The molecule has 2 bridgehead atoms. The first-order chi connectivity index (χ1) is 20.4. The first-order valence-corrected chi connectivity index (χ1v) is 15.4. The second kappa shape index (κ2) is 11.8. The quantitative estimate of drug-likeness (QED) is 0.514. The van der Waals surface area contributed by atoms with Crippen molar-refractivity contribution in [2.75, 3.05) is 13.7 Å². The number of benzene rings is 1. The fraction of sp³-hybridized carbons (Fsp3) is 0.656. The molecule has 11 nitrogen and oxygen atoms in total. The van der Waals surface area contributed by atoms with Crippen molar-refractivity contribution in [3.8, 4) is 11.6 Å². The van der Waals surface area contributed by atoms with Gasteiger partial charge in [-0.15, -0.1) is 0 Å². The molecule has 11 heteroatoms. The van der Waals surface area contributed by atoms with Crippen LogP contribution in [0.15, 0.2) is 18.2 Å². The van der Waals surface area contributed by atoms with Crippen molar-refractivity contribution in [2.24, 2.45) is 17.3 Å². The number of methoxy groups -OCH3 is 1. The first kappa shape index (κ1) is 30.8. The summed E-state index contributed by atoms with van der Waals surface area (Å²) in [4.78, 5) is 50.8. The Labute approximate surface area is 252 Å². The predicted octanol–water partition coefficient (Wildman–Crippen LogP) is 4.74. The second-order valence-electron chi connectivity index (χ2n) is 13.4. The molecule has 6 unspecified atom stereocenters. The number of carboxylic acids is 1. The largest absolute Gasteiger partial charge is 0.497 e. The summed E-state index contributed by atoms with van der Waals surface area (Å²) in [6.07, 6.45) is 4.63. The molecule has 2 amide bonds.